The summed E-state index contributed by atoms with van der Waals surface area (Å²) in [5.74, 6) is -1.77. The van der Waals surface area contributed by atoms with Crippen molar-refractivity contribution in [2.24, 2.45) is 0 Å². The number of hydrogen-bond acceptors (Lipinski definition) is 4. The molecular formula is C19H15FN2O4S. The van der Waals surface area contributed by atoms with Crippen LogP contribution in [0.5, 0.6) is 0 Å². The Morgan fingerprint density at radius 2 is 1.78 bits per heavy atom. The normalized spacial score (nSPS) is 11.2. The number of pyridine rings is 1. The molecule has 0 aliphatic carbocycles. The molecule has 1 heterocycles. The van der Waals surface area contributed by atoms with Crippen LogP contribution in [0.15, 0.2) is 65.7 Å². The molecule has 3 rings (SSSR count). The van der Waals surface area contributed by atoms with E-state index in [1.165, 1.54) is 48.7 Å². The predicted molar refractivity (Wildman–Crippen MR) is 98.6 cm³/mol. The molecule has 0 atom stereocenters. The SMILES string of the molecule is Cc1cc(NS(=O)(=O)c2ccc(-c3cc(C(=O)O)ccc3F)cc2)ccn1. The van der Waals surface area contributed by atoms with E-state index in [4.69, 9.17) is 5.11 Å². The van der Waals surface area contributed by atoms with E-state index in [1.54, 1.807) is 13.0 Å². The van der Waals surface area contributed by atoms with E-state index in [0.717, 1.165) is 6.07 Å². The van der Waals surface area contributed by atoms with Crippen molar-refractivity contribution in [3.63, 3.8) is 0 Å². The standard InChI is InChI=1S/C19H15FN2O4S/c1-12-10-15(8-9-21-12)22-27(25,26)16-5-2-13(3-6-16)17-11-14(19(23)24)4-7-18(17)20/h2-11H,1H3,(H,21,22)(H,23,24). The number of anilines is 1. The Labute approximate surface area is 155 Å². The highest BCUT2D eigenvalue weighted by Gasteiger charge is 2.16. The molecule has 6 nitrogen and oxygen atoms in total. The molecule has 0 saturated heterocycles. The third-order valence-electron chi connectivity index (χ3n) is 3.84. The minimum absolute atomic E-state index is 0.00415. The second-order valence-corrected chi connectivity index (χ2v) is 7.50. The van der Waals surface area contributed by atoms with Crippen LogP contribution in [0.2, 0.25) is 0 Å². The van der Waals surface area contributed by atoms with Gasteiger partial charge in [0.2, 0.25) is 0 Å². The van der Waals surface area contributed by atoms with Gasteiger partial charge in [0, 0.05) is 17.5 Å². The third-order valence-corrected chi connectivity index (χ3v) is 5.24. The summed E-state index contributed by atoms with van der Waals surface area (Å²) < 4.78 is 41.5. The molecule has 0 unspecified atom stereocenters. The molecule has 0 aliphatic rings. The zero-order valence-corrected chi connectivity index (χ0v) is 15.0. The highest BCUT2D eigenvalue weighted by atomic mass is 32.2. The van der Waals surface area contributed by atoms with Crippen molar-refractivity contribution >= 4 is 21.7 Å². The van der Waals surface area contributed by atoms with E-state index in [9.17, 15) is 17.6 Å². The first-order valence-electron chi connectivity index (χ1n) is 7.85. The van der Waals surface area contributed by atoms with Gasteiger partial charge in [-0.2, -0.15) is 0 Å². The molecule has 0 bridgehead atoms. The summed E-state index contributed by atoms with van der Waals surface area (Å²) in [5, 5.41) is 9.04. The van der Waals surface area contributed by atoms with Gasteiger partial charge in [0.05, 0.1) is 16.1 Å². The predicted octanol–water partition coefficient (Wildman–Crippen LogP) is 3.70. The van der Waals surface area contributed by atoms with Crippen molar-refractivity contribution in [2.75, 3.05) is 4.72 Å². The first-order valence-corrected chi connectivity index (χ1v) is 9.33. The van der Waals surface area contributed by atoms with Gasteiger partial charge in [0.25, 0.3) is 10.0 Å². The Hall–Kier alpha value is -3.26. The van der Waals surface area contributed by atoms with Gasteiger partial charge < -0.3 is 5.11 Å². The number of sulfonamides is 1. The number of aromatic nitrogens is 1. The van der Waals surface area contributed by atoms with E-state index >= 15 is 0 Å². The monoisotopic (exact) mass is 386 g/mol. The number of rotatable bonds is 5. The quantitative estimate of drug-likeness (QED) is 0.697. The highest BCUT2D eigenvalue weighted by Crippen LogP contribution is 2.26. The molecule has 0 amide bonds. The van der Waals surface area contributed by atoms with Crippen LogP contribution >= 0.6 is 0 Å². The number of carbonyl (C=O) groups is 1. The number of nitrogens with one attached hydrogen (secondary N) is 1. The highest BCUT2D eigenvalue weighted by molar-refractivity contribution is 7.92. The van der Waals surface area contributed by atoms with Crippen LogP contribution in [0.4, 0.5) is 10.1 Å². The Bertz CT molecular complexity index is 1110. The minimum Gasteiger partial charge on any atom is -0.478 e. The second-order valence-electron chi connectivity index (χ2n) is 5.82. The first kappa shape index (κ1) is 18.5. The van der Waals surface area contributed by atoms with Gasteiger partial charge in [-0.1, -0.05) is 12.1 Å². The largest absolute Gasteiger partial charge is 0.478 e. The van der Waals surface area contributed by atoms with Crippen LogP contribution in [0.1, 0.15) is 16.1 Å². The van der Waals surface area contributed by atoms with E-state index in [0.29, 0.717) is 16.9 Å². The van der Waals surface area contributed by atoms with Crippen molar-refractivity contribution in [2.45, 2.75) is 11.8 Å². The maximum atomic E-state index is 14.0. The number of carboxylic acid groups (broad SMARTS) is 1. The number of hydrogen-bond donors (Lipinski definition) is 2. The van der Waals surface area contributed by atoms with Gasteiger partial charge in [-0.3, -0.25) is 9.71 Å². The lowest BCUT2D eigenvalue weighted by molar-refractivity contribution is 0.0697. The number of carboxylic acids is 1. The molecule has 0 radical (unpaired) electrons. The van der Waals surface area contributed by atoms with Gasteiger partial charge in [-0.25, -0.2) is 17.6 Å². The summed E-state index contributed by atoms with van der Waals surface area (Å²) in [6, 6.07) is 12.1. The Morgan fingerprint density at radius 1 is 1.07 bits per heavy atom. The van der Waals surface area contributed by atoms with Gasteiger partial charge in [0.1, 0.15) is 5.82 Å². The fourth-order valence-corrected chi connectivity index (χ4v) is 3.57. The lowest BCUT2D eigenvalue weighted by Crippen LogP contribution is -2.13. The average molecular weight is 386 g/mol. The van der Waals surface area contributed by atoms with E-state index in [2.05, 4.69) is 9.71 Å². The summed E-state index contributed by atoms with van der Waals surface area (Å²) in [4.78, 5) is 15.1. The first-order chi connectivity index (χ1) is 12.8. The maximum Gasteiger partial charge on any atom is 0.335 e. The smallest absolute Gasteiger partial charge is 0.335 e. The zero-order chi connectivity index (χ0) is 19.6. The molecule has 3 aromatic rings. The molecule has 0 spiro atoms. The van der Waals surface area contributed by atoms with Crippen LogP contribution in [-0.4, -0.2) is 24.5 Å². The van der Waals surface area contributed by atoms with Crippen LogP contribution in [0.3, 0.4) is 0 Å². The van der Waals surface area contributed by atoms with Crippen LogP contribution < -0.4 is 4.72 Å². The molecule has 27 heavy (non-hydrogen) atoms. The second kappa shape index (κ2) is 7.16. The summed E-state index contributed by atoms with van der Waals surface area (Å²) in [5.41, 5.74) is 1.44. The maximum absolute atomic E-state index is 14.0. The Morgan fingerprint density at radius 3 is 2.41 bits per heavy atom. The molecule has 2 N–H and O–H groups in total. The van der Waals surface area contributed by atoms with E-state index < -0.39 is 21.8 Å². The molecule has 138 valence electrons. The van der Waals surface area contributed by atoms with Crippen molar-refractivity contribution in [3.8, 4) is 11.1 Å². The number of nitrogens with zero attached hydrogens (tertiary/aromatic N) is 1. The van der Waals surface area contributed by atoms with Crippen LogP contribution in [-0.2, 0) is 10.0 Å². The molecule has 8 heteroatoms. The molecule has 0 aliphatic heterocycles. The molecule has 1 aromatic heterocycles. The Balaban J connectivity index is 1.91. The number of halogens is 1. The van der Waals surface area contributed by atoms with Gasteiger partial charge >= 0.3 is 5.97 Å². The summed E-state index contributed by atoms with van der Waals surface area (Å²) >= 11 is 0. The summed E-state index contributed by atoms with van der Waals surface area (Å²) in [7, 11) is -3.83. The fourth-order valence-electron chi connectivity index (χ4n) is 2.52. The summed E-state index contributed by atoms with van der Waals surface area (Å²) in [6.45, 7) is 1.74. The number of aryl methyl sites for hydroxylation is 1. The molecule has 2 aromatic carbocycles. The zero-order valence-electron chi connectivity index (χ0n) is 14.2. The van der Waals surface area contributed by atoms with Gasteiger partial charge in [-0.05, 0) is 55.0 Å². The molecule has 0 fully saturated rings. The number of benzene rings is 2. The van der Waals surface area contributed by atoms with Gasteiger partial charge in [0.15, 0.2) is 0 Å². The topological polar surface area (TPSA) is 96.4 Å². The van der Waals surface area contributed by atoms with Crippen LogP contribution in [0.25, 0.3) is 11.1 Å². The molecule has 0 saturated carbocycles. The van der Waals surface area contributed by atoms with Crippen molar-refractivity contribution in [3.05, 3.63) is 77.9 Å². The third kappa shape index (κ3) is 4.12. The number of aromatic carboxylic acids is 1. The summed E-state index contributed by atoms with van der Waals surface area (Å²) in [6.07, 6.45) is 1.49. The van der Waals surface area contributed by atoms with Crippen molar-refractivity contribution in [1.29, 1.82) is 0 Å². The fraction of sp³-hybridized carbons (Fsp3) is 0.0526. The molecular weight excluding hydrogens is 371 g/mol. The lowest BCUT2D eigenvalue weighted by atomic mass is 10.0. The van der Waals surface area contributed by atoms with Gasteiger partial charge in [-0.15, -0.1) is 0 Å². The van der Waals surface area contributed by atoms with Crippen molar-refractivity contribution in [1.82, 2.24) is 4.98 Å². The Kier molecular flexibility index (Phi) is 4.91. The van der Waals surface area contributed by atoms with E-state index in [1.807, 2.05) is 0 Å². The lowest BCUT2D eigenvalue weighted by Gasteiger charge is -2.10. The van der Waals surface area contributed by atoms with Crippen LogP contribution in [0, 0.1) is 12.7 Å². The van der Waals surface area contributed by atoms with E-state index in [-0.39, 0.29) is 16.0 Å². The average Bonchev–Trinajstić information content (AvgIpc) is 2.61. The minimum atomic E-state index is -3.83. The van der Waals surface area contributed by atoms with Crippen molar-refractivity contribution < 1.29 is 22.7 Å².